The van der Waals surface area contributed by atoms with Crippen molar-refractivity contribution in [2.75, 3.05) is 36.8 Å². The number of amides is 1. The number of carboxylic acid groups (broad SMARTS) is 1. The van der Waals surface area contributed by atoms with Crippen LogP contribution < -0.4 is 16.4 Å². The van der Waals surface area contributed by atoms with Crippen molar-refractivity contribution in [1.29, 1.82) is 0 Å². The standard InChI is InChI=1S/C24H34N6O3/c25-22(31)11-16-30(15-10-21(24(32)33)28-20-7-4-12-26-17-20)14-2-1-6-19-9-8-18-5-3-13-27-23(18)29-19/h4,7-9,12,17,21,28H,1-3,5-6,10-11,13-16H2,(H2,25,31)(H,27,29)(H,32,33)/t21-/m0/s1. The summed E-state index contributed by atoms with van der Waals surface area (Å²) in [5.74, 6) is -0.252. The molecule has 0 spiro atoms. The Labute approximate surface area is 194 Å². The molecular weight excluding hydrogens is 420 g/mol. The van der Waals surface area contributed by atoms with Gasteiger partial charge in [-0.2, -0.15) is 0 Å². The molecule has 0 fully saturated rings. The molecule has 0 saturated heterocycles. The number of pyridine rings is 2. The molecule has 0 unspecified atom stereocenters. The maximum Gasteiger partial charge on any atom is 0.326 e. The summed E-state index contributed by atoms with van der Waals surface area (Å²) in [4.78, 5) is 33.9. The first-order chi connectivity index (χ1) is 16.0. The van der Waals surface area contributed by atoms with Crippen molar-refractivity contribution < 1.29 is 14.7 Å². The maximum absolute atomic E-state index is 11.7. The molecule has 0 radical (unpaired) electrons. The summed E-state index contributed by atoms with van der Waals surface area (Å²) in [6.45, 7) is 2.83. The van der Waals surface area contributed by atoms with E-state index in [-0.39, 0.29) is 12.3 Å². The minimum absolute atomic E-state index is 0.256. The Bertz CT molecular complexity index is 908. The van der Waals surface area contributed by atoms with Crippen molar-refractivity contribution in [3.05, 3.63) is 47.9 Å². The molecule has 1 amide bonds. The highest BCUT2D eigenvalue weighted by Crippen LogP contribution is 2.20. The molecule has 5 N–H and O–H groups in total. The van der Waals surface area contributed by atoms with Gasteiger partial charge in [0.1, 0.15) is 11.9 Å². The van der Waals surface area contributed by atoms with Gasteiger partial charge < -0.3 is 26.4 Å². The molecule has 1 aliphatic heterocycles. The SMILES string of the molecule is NC(=O)CCN(CCCCc1ccc2c(n1)NCCC2)CC[C@H](Nc1cccnc1)C(=O)O. The second kappa shape index (κ2) is 12.7. The van der Waals surface area contributed by atoms with Gasteiger partial charge in [0.15, 0.2) is 0 Å². The Hall–Kier alpha value is -3.20. The number of nitrogens with zero attached hydrogens (tertiary/aromatic N) is 3. The van der Waals surface area contributed by atoms with Gasteiger partial charge in [0, 0.05) is 44.1 Å². The molecule has 0 aromatic carbocycles. The zero-order chi connectivity index (χ0) is 23.5. The van der Waals surface area contributed by atoms with E-state index < -0.39 is 12.0 Å². The van der Waals surface area contributed by atoms with Crippen molar-refractivity contribution in [3.63, 3.8) is 0 Å². The first kappa shape index (κ1) is 24.4. The Morgan fingerprint density at radius 1 is 1.21 bits per heavy atom. The normalized spacial score (nSPS) is 13.7. The highest BCUT2D eigenvalue weighted by Gasteiger charge is 2.19. The molecule has 3 heterocycles. The molecule has 3 rings (SSSR count). The third-order valence-electron chi connectivity index (χ3n) is 5.82. The largest absolute Gasteiger partial charge is 0.480 e. The van der Waals surface area contributed by atoms with E-state index in [9.17, 15) is 14.7 Å². The Balaban J connectivity index is 1.47. The van der Waals surface area contributed by atoms with Gasteiger partial charge in [-0.1, -0.05) is 6.07 Å². The van der Waals surface area contributed by atoms with Crippen molar-refractivity contribution in [2.24, 2.45) is 5.73 Å². The summed E-state index contributed by atoms with van der Waals surface area (Å²) in [6, 6.07) is 7.09. The average Bonchev–Trinajstić information content (AvgIpc) is 2.82. The zero-order valence-corrected chi connectivity index (χ0v) is 19.0. The van der Waals surface area contributed by atoms with E-state index in [1.54, 1.807) is 24.5 Å². The fourth-order valence-electron chi connectivity index (χ4n) is 3.97. The van der Waals surface area contributed by atoms with Crippen LogP contribution in [-0.4, -0.2) is 64.1 Å². The maximum atomic E-state index is 11.7. The lowest BCUT2D eigenvalue weighted by atomic mass is 10.1. The van der Waals surface area contributed by atoms with Gasteiger partial charge in [-0.25, -0.2) is 9.78 Å². The first-order valence-electron chi connectivity index (χ1n) is 11.6. The number of aromatic nitrogens is 2. The second-order valence-corrected chi connectivity index (χ2v) is 8.42. The van der Waals surface area contributed by atoms with E-state index in [0.717, 1.165) is 56.7 Å². The molecule has 1 atom stereocenters. The number of carbonyl (C=O) groups excluding carboxylic acids is 1. The lowest BCUT2D eigenvalue weighted by Gasteiger charge is -2.24. The second-order valence-electron chi connectivity index (χ2n) is 8.42. The van der Waals surface area contributed by atoms with Crippen molar-refractivity contribution in [1.82, 2.24) is 14.9 Å². The number of anilines is 2. The van der Waals surface area contributed by atoms with Crippen LogP contribution in [-0.2, 0) is 22.4 Å². The number of nitrogens with one attached hydrogen (secondary N) is 2. The van der Waals surface area contributed by atoms with E-state index in [1.807, 2.05) is 0 Å². The minimum atomic E-state index is -0.916. The Kier molecular flexibility index (Phi) is 9.44. The molecular formula is C24H34N6O3. The fourth-order valence-corrected chi connectivity index (χ4v) is 3.97. The summed E-state index contributed by atoms with van der Waals surface area (Å²) >= 11 is 0. The predicted molar refractivity (Wildman–Crippen MR) is 128 cm³/mol. The van der Waals surface area contributed by atoms with Gasteiger partial charge in [-0.05, 0) is 68.8 Å². The third kappa shape index (κ3) is 8.34. The van der Waals surface area contributed by atoms with Gasteiger partial charge in [0.05, 0.1) is 5.69 Å². The van der Waals surface area contributed by atoms with E-state index in [2.05, 4.69) is 32.7 Å². The number of fused-ring (bicyclic) bond motifs is 1. The summed E-state index contributed by atoms with van der Waals surface area (Å²) in [5.41, 5.74) is 8.38. The van der Waals surface area contributed by atoms with Crippen LogP contribution in [0.15, 0.2) is 36.7 Å². The number of carboxylic acids is 1. The van der Waals surface area contributed by atoms with Crippen LogP contribution in [0.1, 0.15) is 43.4 Å². The van der Waals surface area contributed by atoms with Crippen molar-refractivity contribution in [2.45, 2.75) is 51.0 Å². The van der Waals surface area contributed by atoms with E-state index in [1.165, 1.54) is 5.56 Å². The highest BCUT2D eigenvalue weighted by atomic mass is 16.4. The molecule has 178 valence electrons. The highest BCUT2D eigenvalue weighted by molar-refractivity contribution is 5.77. The number of nitrogens with two attached hydrogens (primary N) is 1. The van der Waals surface area contributed by atoms with Crippen LogP contribution in [0.4, 0.5) is 11.5 Å². The van der Waals surface area contributed by atoms with Gasteiger partial charge in [0.25, 0.3) is 0 Å². The van der Waals surface area contributed by atoms with Crippen LogP contribution in [0.5, 0.6) is 0 Å². The lowest BCUT2D eigenvalue weighted by Crippen LogP contribution is -2.36. The van der Waals surface area contributed by atoms with Gasteiger partial charge in [-0.15, -0.1) is 0 Å². The monoisotopic (exact) mass is 454 g/mol. The molecule has 0 aliphatic carbocycles. The molecule has 2 aromatic heterocycles. The molecule has 1 aliphatic rings. The fraction of sp³-hybridized carbons (Fsp3) is 0.500. The lowest BCUT2D eigenvalue weighted by molar-refractivity contribution is -0.138. The van der Waals surface area contributed by atoms with Crippen LogP contribution >= 0.6 is 0 Å². The van der Waals surface area contributed by atoms with Gasteiger partial charge in [0.2, 0.25) is 5.91 Å². The average molecular weight is 455 g/mol. The molecule has 0 bridgehead atoms. The smallest absolute Gasteiger partial charge is 0.326 e. The number of primary amides is 1. The summed E-state index contributed by atoms with van der Waals surface area (Å²) < 4.78 is 0. The van der Waals surface area contributed by atoms with Crippen LogP contribution in [0, 0.1) is 0 Å². The Morgan fingerprint density at radius 3 is 2.85 bits per heavy atom. The topological polar surface area (TPSA) is 133 Å². The van der Waals surface area contributed by atoms with Crippen LogP contribution in [0.2, 0.25) is 0 Å². The minimum Gasteiger partial charge on any atom is -0.480 e. The number of carbonyl (C=O) groups is 2. The van der Waals surface area contributed by atoms with Gasteiger partial charge in [-0.3, -0.25) is 9.78 Å². The number of hydrogen-bond acceptors (Lipinski definition) is 7. The summed E-state index contributed by atoms with van der Waals surface area (Å²) in [7, 11) is 0. The quantitative estimate of drug-likeness (QED) is 0.320. The molecule has 0 saturated carbocycles. The third-order valence-corrected chi connectivity index (χ3v) is 5.82. The number of hydrogen-bond donors (Lipinski definition) is 4. The van der Waals surface area contributed by atoms with Crippen LogP contribution in [0.3, 0.4) is 0 Å². The molecule has 2 aromatic rings. The molecule has 9 heteroatoms. The van der Waals surface area contributed by atoms with E-state index in [4.69, 9.17) is 10.7 Å². The van der Waals surface area contributed by atoms with Crippen LogP contribution in [0.25, 0.3) is 0 Å². The number of unbranched alkanes of at least 4 members (excludes halogenated alkanes) is 1. The van der Waals surface area contributed by atoms with E-state index in [0.29, 0.717) is 25.2 Å². The van der Waals surface area contributed by atoms with Crippen molar-refractivity contribution in [3.8, 4) is 0 Å². The number of aryl methyl sites for hydroxylation is 2. The Morgan fingerprint density at radius 2 is 2.09 bits per heavy atom. The summed E-state index contributed by atoms with van der Waals surface area (Å²) in [5, 5.41) is 16.0. The molecule has 9 nitrogen and oxygen atoms in total. The predicted octanol–water partition coefficient (Wildman–Crippen LogP) is 2.29. The van der Waals surface area contributed by atoms with Crippen molar-refractivity contribution >= 4 is 23.4 Å². The number of rotatable bonds is 14. The van der Waals surface area contributed by atoms with E-state index >= 15 is 0 Å². The van der Waals surface area contributed by atoms with Gasteiger partial charge >= 0.3 is 5.97 Å². The zero-order valence-electron chi connectivity index (χ0n) is 19.0. The molecule has 33 heavy (non-hydrogen) atoms. The first-order valence-corrected chi connectivity index (χ1v) is 11.6. The number of aliphatic carboxylic acids is 1. The summed E-state index contributed by atoms with van der Waals surface area (Å²) in [6.07, 6.45) is 8.92.